The van der Waals surface area contributed by atoms with Gasteiger partial charge in [0.15, 0.2) is 0 Å². The number of carboxylic acid groups (broad SMARTS) is 1. The van der Waals surface area contributed by atoms with Gasteiger partial charge in [-0.05, 0) is 24.0 Å². The molecule has 1 aromatic carbocycles. The van der Waals surface area contributed by atoms with Crippen LogP contribution < -0.4 is 5.32 Å². The SMILES string of the molecule is O=C(O)Cc1ccc(CNCC2(CO)CC2)cc1. The van der Waals surface area contributed by atoms with Crippen molar-refractivity contribution < 1.29 is 15.0 Å². The molecule has 1 aromatic rings. The summed E-state index contributed by atoms with van der Waals surface area (Å²) in [5, 5.41) is 21.2. The van der Waals surface area contributed by atoms with Crippen LogP contribution in [0.1, 0.15) is 24.0 Å². The second kappa shape index (κ2) is 5.50. The number of hydrogen-bond donors (Lipinski definition) is 3. The Labute approximate surface area is 107 Å². The minimum atomic E-state index is -0.806. The Bertz CT molecular complexity index is 410. The van der Waals surface area contributed by atoms with Crippen LogP contribution in [-0.4, -0.2) is 29.3 Å². The van der Waals surface area contributed by atoms with Gasteiger partial charge in [-0.3, -0.25) is 4.79 Å². The lowest BCUT2D eigenvalue weighted by molar-refractivity contribution is -0.136. The van der Waals surface area contributed by atoms with Crippen LogP contribution in [0.3, 0.4) is 0 Å². The number of aliphatic hydroxyl groups excluding tert-OH is 1. The Kier molecular flexibility index (Phi) is 3.99. The van der Waals surface area contributed by atoms with Crippen molar-refractivity contribution in [3.8, 4) is 0 Å². The van der Waals surface area contributed by atoms with Crippen molar-refractivity contribution in [2.75, 3.05) is 13.2 Å². The number of carbonyl (C=O) groups is 1. The van der Waals surface area contributed by atoms with Crippen LogP contribution in [0, 0.1) is 5.41 Å². The summed E-state index contributed by atoms with van der Waals surface area (Å²) in [6.07, 6.45) is 2.28. The number of benzene rings is 1. The number of nitrogens with one attached hydrogen (secondary N) is 1. The van der Waals surface area contributed by atoms with E-state index < -0.39 is 5.97 Å². The Morgan fingerprint density at radius 2 is 1.83 bits per heavy atom. The minimum Gasteiger partial charge on any atom is -0.481 e. The maximum atomic E-state index is 10.5. The molecule has 0 radical (unpaired) electrons. The van der Waals surface area contributed by atoms with Crippen LogP contribution >= 0.6 is 0 Å². The van der Waals surface area contributed by atoms with Gasteiger partial charge in [-0.1, -0.05) is 24.3 Å². The molecule has 0 heterocycles. The predicted octanol–water partition coefficient (Wildman–Crippen LogP) is 1.18. The topological polar surface area (TPSA) is 69.6 Å². The van der Waals surface area contributed by atoms with Gasteiger partial charge in [0.05, 0.1) is 6.42 Å². The first-order chi connectivity index (χ1) is 8.63. The van der Waals surface area contributed by atoms with E-state index in [0.29, 0.717) is 0 Å². The predicted molar refractivity (Wildman–Crippen MR) is 68.2 cm³/mol. The molecule has 0 spiro atoms. The van der Waals surface area contributed by atoms with Crippen molar-refractivity contribution in [2.45, 2.75) is 25.8 Å². The second-order valence-corrected chi connectivity index (χ2v) is 5.15. The van der Waals surface area contributed by atoms with E-state index in [9.17, 15) is 9.90 Å². The summed E-state index contributed by atoms with van der Waals surface area (Å²) < 4.78 is 0. The molecular formula is C14H19NO3. The Hall–Kier alpha value is -1.39. The number of aliphatic carboxylic acids is 1. The summed E-state index contributed by atoms with van der Waals surface area (Å²) in [4.78, 5) is 10.5. The van der Waals surface area contributed by atoms with Gasteiger partial charge in [-0.2, -0.15) is 0 Å². The molecule has 0 saturated heterocycles. The van der Waals surface area contributed by atoms with Gasteiger partial charge in [-0.25, -0.2) is 0 Å². The third kappa shape index (κ3) is 3.55. The first kappa shape index (κ1) is 13.1. The van der Waals surface area contributed by atoms with Crippen molar-refractivity contribution in [3.63, 3.8) is 0 Å². The molecular weight excluding hydrogens is 230 g/mol. The first-order valence-corrected chi connectivity index (χ1v) is 6.25. The van der Waals surface area contributed by atoms with Gasteiger partial charge in [-0.15, -0.1) is 0 Å². The van der Waals surface area contributed by atoms with Crippen LogP contribution in [0.4, 0.5) is 0 Å². The Morgan fingerprint density at radius 3 is 2.33 bits per heavy atom. The molecule has 0 aliphatic heterocycles. The fraction of sp³-hybridized carbons (Fsp3) is 0.500. The molecule has 0 aromatic heterocycles. The summed E-state index contributed by atoms with van der Waals surface area (Å²) in [6.45, 7) is 1.87. The van der Waals surface area contributed by atoms with Crippen LogP contribution in [-0.2, 0) is 17.8 Å². The molecule has 98 valence electrons. The fourth-order valence-electron chi connectivity index (χ4n) is 1.99. The quantitative estimate of drug-likeness (QED) is 0.678. The van der Waals surface area contributed by atoms with Gasteiger partial charge < -0.3 is 15.5 Å². The molecule has 1 aliphatic carbocycles. The van der Waals surface area contributed by atoms with E-state index in [1.165, 1.54) is 0 Å². The van der Waals surface area contributed by atoms with Crippen LogP contribution in [0.15, 0.2) is 24.3 Å². The lowest BCUT2D eigenvalue weighted by Gasteiger charge is -2.12. The largest absolute Gasteiger partial charge is 0.481 e. The van der Waals surface area contributed by atoms with E-state index in [2.05, 4.69) is 5.32 Å². The standard InChI is InChI=1S/C14H19NO3/c16-10-14(5-6-14)9-15-8-12-3-1-11(2-4-12)7-13(17)18/h1-4,15-16H,5-10H2,(H,17,18). The van der Waals surface area contributed by atoms with Crippen molar-refractivity contribution in [1.29, 1.82) is 0 Å². The van der Waals surface area contributed by atoms with E-state index >= 15 is 0 Å². The average molecular weight is 249 g/mol. The Balaban J connectivity index is 1.77. The van der Waals surface area contributed by atoms with Crippen molar-refractivity contribution >= 4 is 5.97 Å². The van der Waals surface area contributed by atoms with E-state index in [-0.39, 0.29) is 18.4 Å². The van der Waals surface area contributed by atoms with E-state index in [4.69, 9.17) is 5.11 Å². The highest BCUT2D eigenvalue weighted by Crippen LogP contribution is 2.44. The summed E-state index contributed by atoms with van der Waals surface area (Å²) in [5.41, 5.74) is 2.08. The summed E-state index contributed by atoms with van der Waals surface area (Å²) in [5.74, 6) is -0.806. The monoisotopic (exact) mass is 249 g/mol. The number of aliphatic hydroxyl groups is 1. The summed E-state index contributed by atoms with van der Waals surface area (Å²) in [7, 11) is 0. The first-order valence-electron chi connectivity index (χ1n) is 6.25. The number of rotatable bonds is 7. The van der Waals surface area contributed by atoms with Crippen LogP contribution in [0.5, 0.6) is 0 Å². The lowest BCUT2D eigenvalue weighted by atomic mass is 10.1. The molecule has 0 bridgehead atoms. The second-order valence-electron chi connectivity index (χ2n) is 5.15. The minimum absolute atomic E-state index is 0.0708. The Morgan fingerprint density at radius 1 is 1.22 bits per heavy atom. The molecule has 3 N–H and O–H groups in total. The van der Waals surface area contributed by atoms with Gasteiger partial charge in [0.1, 0.15) is 0 Å². The van der Waals surface area contributed by atoms with Crippen LogP contribution in [0.2, 0.25) is 0 Å². The van der Waals surface area contributed by atoms with Gasteiger partial charge >= 0.3 is 5.97 Å². The zero-order chi connectivity index (χ0) is 13.0. The molecule has 4 heteroatoms. The van der Waals surface area contributed by atoms with E-state index in [0.717, 1.165) is 37.1 Å². The third-order valence-corrected chi connectivity index (χ3v) is 3.50. The molecule has 0 unspecified atom stereocenters. The smallest absolute Gasteiger partial charge is 0.307 e. The number of hydrogen-bond acceptors (Lipinski definition) is 3. The van der Waals surface area contributed by atoms with E-state index in [1.807, 2.05) is 24.3 Å². The molecule has 0 amide bonds. The van der Waals surface area contributed by atoms with Gasteiger partial charge in [0, 0.05) is 25.1 Å². The number of carboxylic acids is 1. The van der Waals surface area contributed by atoms with Gasteiger partial charge in [0.25, 0.3) is 0 Å². The molecule has 1 aliphatic rings. The lowest BCUT2D eigenvalue weighted by Crippen LogP contribution is -2.26. The molecule has 1 saturated carbocycles. The third-order valence-electron chi connectivity index (χ3n) is 3.50. The molecule has 4 nitrogen and oxygen atoms in total. The van der Waals surface area contributed by atoms with E-state index in [1.54, 1.807) is 0 Å². The van der Waals surface area contributed by atoms with Crippen LogP contribution in [0.25, 0.3) is 0 Å². The highest BCUT2D eigenvalue weighted by Gasteiger charge is 2.41. The highest BCUT2D eigenvalue weighted by atomic mass is 16.4. The summed E-state index contributed by atoms with van der Waals surface area (Å²) in [6, 6.07) is 7.60. The molecule has 18 heavy (non-hydrogen) atoms. The fourth-order valence-corrected chi connectivity index (χ4v) is 1.99. The highest BCUT2D eigenvalue weighted by molar-refractivity contribution is 5.70. The zero-order valence-corrected chi connectivity index (χ0v) is 10.4. The maximum absolute atomic E-state index is 10.5. The molecule has 2 rings (SSSR count). The van der Waals surface area contributed by atoms with Crippen molar-refractivity contribution in [2.24, 2.45) is 5.41 Å². The van der Waals surface area contributed by atoms with Crippen molar-refractivity contribution in [1.82, 2.24) is 5.32 Å². The average Bonchev–Trinajstić information content (AvgIpc) is 3.11. The maximum Gasteiger partial charge on any atom is 0.307 e. The summed E-state index contributed by atoms with van der Waals surface area (Å²) >= 11 is 0. The van der Waals surface area contributed by atoms with Gasteiger partial charge in [0.2, 0.25) is 0 Å². The molecule has 0 atom stereocenters. The zero-order valence-electron chi connectivity index (χ0n) is 10.4. The molecule has 1 fully saturated rings. The van der Waals surface area contributed by atoms with Crippen molar-refractivity contribution in [3.05, 3.63) is 35.4 Å². The normalized spacial score (nSPS) is 16.5.